The van der Waals surface area contributed by atoms with Crippen LogP contribution in [-0.2, 0) is 32.7 Å². The number of esters is 2. The van der Waals surface area contributed by atoms with Crippen LogP contribution in [0.15, 0.2) is 24.8 Å². The number of phosphoric acid groups is 1. The summed E-state index contributed by atoms with van der Waals surface area (Å²) in [6, 6.07) is 0. The average Bonchev–Trinajstić information content (AvgIpc) is 3.05. The van der Waals surface area contributed by atoms with Gasteiger partial charge in [0.1, 0.15) is 6.61 Å². The van der Waals surface area contributed by atoms with Gasteiger partial charge in [-0.2, -0.15) is 0 Å². The molecule has 10 heteroatoms. The highest BCUT2D eigenvalue weighted by atomic mass is 31.2. The van der Waals surface area contributed by atoms with E-state index in [4.69, 9.17) is 24.3 Å². The van der Waals surface area contributed by atoms with Crippen LogP contribution in [0.25, 0.3) is 0 Å². The van der Waals surface area contributed by atoms with E-state index in [2.05, 4.69) is 25.7 Å². The van der Waals surface area contributed by atoms with Gasteiger partial charge in [0.05, 0.1) is 13.2 Å². The first-order chi connectivity index (χ1) is 22.8. The molecule has 0 aromatic heterocycles. The molecule has 9 nitrogen and oxygen atoms in total. The monoisotopic (exact) mass is 687 g/mol. The van der Waals surface area contributed by atoms with E-state index in [1.165, 1.54) is 70.6 Å². The minimum Gasteiger partial charge on any atom is -0.462 e. The normalized spacial score (nSPS) is 13.4. The quantitative estimate of drug-likeness (QED) is 0.0285. The molecule has 0 aromatic rings. The minimum absolute atomic E-state index is 0.0526. The second kappa shape index (κ2) is 34.4. The number of nitrogens with two attached hydrogens (primary N) is 1. The van der Waals surface area contributed by atoms with E-state index in [-0.39, 0.29) is 32.6 Å². The van der Waals surface area contributed by atoms with Gasteiger partial charge >= 0.3 is 19.8 Å². The van der Waals surface area contributed by atoms with Gasteiger partial charge in [-0.1, -0.05) is 128 Å². The molecule has 0 aromatic carbocycles. The summed E-state index contributed by atoms with van der Waals surface area (Å²) >= 11 is 0. The lowest BCUT2D eigenvalue weighted by Gasteiger charge is -2.19. The summed E-state index contributed by atoms with van der Waals surface area (Å²) in [7, 11) is -4.37. The van der Waals surface area contributed by atoms with E-state index >= 15 is 0 Å². The molecule has 0 aliphatic rings. The molecule has 0 spiro atoms. The Morgan fingerprint density at radius 3 is 1.66 bits per heavy atom. The number of rotatable bonds is 36. The van der Waals surface area contributed by atoms with Gasteiger partial charge in [-0.25, -0.2) is 4.57 Å². The third kappa shape index (κ3) is 34.2. The molecule has 0 aliphatic carbocycles. The molecule has 47 heavy (non-hydrogen) atoms. The molecular formula is C37H70NO8P. The maximum atomic E-state index is 12.5. The van der Waals surface area contributed by atoms with Crippen LogP contribution >= 0.6 is 7.82 Å². The molecule has 2 atom stereocenters. The summed E-state index contributed by atoms with van der Waals surface area (Å²) < 4.78 is 32.6. The smallest absolute Gasteiger partial charge is 0.462 e. The van der Waals surface area contributed by atoms with Crippen LogP contribution in [-0.4, -0.2) is 49.3 Å². The van der Waals surface area contributed by atoms with Gasteiger partial charge in [0.15, 0.2) is 6.10 Å². The summed E-state index contributed by atoms with van der Waals surface area (Å²) in [5, 5.41) is 0. The van der Waals surface area contributed by atoms with Crippen LogP contribution in [0, 0.1) is 0 Å². The molecule has 0 saturated heterocycles. The van der Waals surface area contributed by atoms with Crippen LogP contribution in [0.3, 0.4) is 0 Å². The molecule has 276 valence electrons. The number of hydrogen-bond acceptors (Lipinski definition) is 8. The highest BCUT2D eigenvalue weighted by Crippen LogP contribution is 2.43. The molecule has 0 aliphatic heterocycles. The summed E-state index contributed by atoms with van der Waals surface area (Å²) in [5.41, 5.74) is 5.32. The van der Waals surface area contributed by atoms with Gasteiger partial charge in [-0.05, 0) is 44.9 Å². The van der Waals surface area contributed by atoms with Crippen molar-refractivity contribution in [3.05, 3.63) is 24.8 Å². The molecule has 0 radical (unpaired) electrons. The van der Waals surface area contributed by atoms with Crippen molar-refractivity contribution in [2.24, 2.45) is 5.73 Å². The van der Waals surface area contributed by atoms with Gasteiger partial charge in [-0.3, -0.25) is 18.6 Å². The summed E-state index contributed by atoms with van der Waals surface area (Å²) in [5.74, 6) is -0.842. The second-order valence-electron chi connectivity index (χ2n) is 12.5. The predicted molar refractivity (Wildman–Crippen MR) is 192 cm³/mol. The van der Waals surface area contributed by atoms with Crippen LogP contribution in [0.5, 0.6) is 0 Å². The van der Waals surface area contributed by atoms with Gasteiger partial charge in [-0.15, -0.1) is 6.58 Å². The van der Waals surface area contributed by atoms with E-state index in [0.29, 0.717) is 6.42 Å². The number of hydrogen-bond donors (Lipinski definition) is 2. The summed E-state index contributed by atoms with van der Waals surface area (Å²) in [4.78, 5) is 34.6. The fourth-order valence-electron chi connectivity index (χ4n) is 5.12. The van der Waals surface area contributed by atoms with Gasteiger partial charge in [0.25, 0.3) is 0 Å². The zero-order valence-corrected chi connectivity index (χ0v) is 30.7. The Morgan fingerprint density at radius 2 is 1.15 bits per heavy atom. The van der Waals surface area contributed by atoms with Crippen molar-refractivity contribution in [1.82, 2.24) is 0 Å². The van der Waals surface area contributed by atoms with E-state index in [1.54, 1.807) is 0 Å². The zero-order chi connectivity index (χ0) is 34.7. The lowest BCUT2D eigenvalue weighted by Crippen LogP contribution is -2.29. The van der Waals surface area contributed by atoms with Crippen molar-refractivity contribution in [2.75, 3.05) is 26.4 Å². The topological polar surface area (TPSA) is 134 Å². The average molecular weight is 688 g/mol. The van der Waals surface area contributed by atoms with E-state index in [1.807, 2.05) is 6.08 Å². The third-order valence-corrected chi connectivity index (χ3v) is 8.94. The summed E-state index contributed by atoms with van der Waals surface area (Å²) in [6.45, 7) is 5.19. The fourth-order valence-corrected chi connectivity index (χ4v) is 5.89. The number of carbonyl (C=O) groups excluding carboxylic acids is 2. The van der Waals surface area contributed by atoms with Crippen molar-refractivity contribution in [3.8, 4) is 0 Å². The fraction of sp³-hybridized carbons (Fsp3) is 0.838. The second-order valence-corrected chi connectivity index (χ2v) is 14.0. The molecular weight excluding hydrogens is 617 g/mol. The number of allylic oxidation sites excluding steroid dienone is 3. The zero-order valence-electron chi connectivity index (χ0n) is 29.9. The Morgan fingerprint density at radius 1 is 0.681 bits per heavy atom. The summed E-state index contributed by atoms with van der Waals surface area (Å²) in [6.07, 6.45) is 32.4. The van der Waals surface area contributed by atoms with Gasteiger partial charge < -0.3 is 20.1 Å². The Kier molecular flexibility index (Phi) is 33.3. The Labute approximate surface area is 287 Å². The van der Waals surface area contributed by atoms with Gasteiger partial charge in [0.2, 0.25) is 0 Å². The number of ether oxygens (including phenoxy) is 2. The van der Waals surface area contributed by atoms with Crippen LogP contribution < -0.4 is 5.73 Å². The highest BCUT2D eigenvalue weighted by Gasteiger charge is 2.25. The Hall–Kier alpha value is -1.51. The number of unbranched alkanes of at least 4 members (excludes halogenated alkanes) is 20. The first-order valence-electron chi connectivity index (χ1n) is 18.8. The van der Waals surface area contributed by atoms with Crippen molar-refractivity contribution < 1.29 is 37.6 Å². The maximum absolute atomic E-state index is 12.5. The van der Waals surface area contributed by atoms with E-state index < -0.39 is 32.5 Å². The lowest BCUT2D eigenvalue weighted by atomic mass is 10.0. The molecule has 0 fully saturated rings. The Balaban J connectivity index is 4.20. The van der Waals surface area contributed by atoms with Gasteiger partial charge in [0, 0.05) is 19.4 Å². The molecule has 0 rings (SSSR count). The number of phosphoric ester groups is 1. The first kappa shape index (κ1) is 45.5. The van der Waals surface area contributed by atoms with Crippen molar-refractivity contribution in [1.29, 1.82) is 0 Å². The number of carbonyl (C=O) groups is 2. The molecule has 1 unspecified atom stereocenters. The van der Waals surface area contributed by atoms with Crippen molar-refractivity contribution in [3.63, 3.8) is 0 Å². The van der Waals surface area contributed by atoms with E-state index in [0.717, 1.165) is 70.6 Å². The van der Waals surface area contributed by atoms with Crippen LogP contribution in [0.1, 0.15) is 167 Å². The van der Waals surface area contributed by atoms with Crippen molar-refractivity contribution in [2.45, 2.75) is 174 Å². The standard InChI is InChI=1S/C37H70NO8P/c1-3-5-7-9-11-13-15-16-17-18-20-22-24-26-28-30-37(40)46-35(34-45-47(41,42)44-32-31-38)33-43-36(39)29-27-25-23-21-19-14-12-10-8-6-4-2/h3,10,12,35H,1,4-9,11,13-34,38H2,2H3,(H,41,42)/b12-10+/t35-/m1/s1. The Bertz CT molecular complexity index is 822. The SMILES string of the molecule is C=CCCCCCCCCCCCCCCCC(=O)O[C@H](COC(=O)CCCCCCC/C=C/CCCC)COP(=O)(O)OCCN. The largest absolute Gasteiger partial charge is 0.472 e. The molecule has 0 amide bonds. The lowest BCUT2D eigenvalue weighted by molar-refractivity contribution is -0.161. The molecule has 3 N–H and O–H groups in total. The molecule has 0 saturated carbocycles. The van der Waals surface area contributed by atoms with Crippen LogP contribution in [0.4, 0.5) is 0 Å². The van der Waals surface area contributed by atoms with E-state index in [9.17, 15) is 19.0 Å². The highest BCUT2D eigenvalue weighted by molar-refractivity contribution is 7.47. The predicted octanol–water partition coefficient (Wildman–Crippen LogP) is 10.0. The van der Waals surface area contributed by atoms with Crippen LogP contribution in [0.2, 0.25) is 0 Å². The van der Waals surface area contributed by atoms with Crippen molar-refractivity contribution >= 4 is 19.8 Å². The third-order valence-electron chi connectivity index (χ3n) is 7.96. The first-order valence-corrected chi connectivity index (χ1v) is 20.3. The molecule has 0 heterocycles. The molecule has 0 bridgehead atoms. The minimum atomic E-state index is -4.37. The maximum Gasteiger partial charge on any atom is 0.472 e.